The van der Waals surface area contributed by atoms with Crippen molar-refractivity contribution in [2.45, 2.75) is 31.7 Å². The van der Waals surface area contributed by atoms with E-state index in [4.69, 9.17) is 0 Å². The molecule has 0 spiro atoms. The van der Waals surface area contributed by atoms with Gasteiger partial charge in [-0.05, 0) is 48.3 Å². The van der Waals surface area contributed by atoms with Crippen molar-refractivity contribution < 1.29 is 0 Å². The Kier molecular flexibility index (Phi) is 4.84. The minimum Gasteiger partial charge on any atom is -0.353 e. The van der Waals surface area contributed by atoms with E-state index >= 15 is 0 Å². The van der Waals surface area contributed by atoms with Crippen LogP contribution in [-0.2, 0) is 0 Å². The third-order valence-electron chi connectivity index (χ3n) is 3.12. The molecule has 1 aromatic rings. The minimum atomic E-state index is -0.0428. The summed E-state index contributed by atoms with van der Waals surface area (Å²) in [5.41, 5.74) is -0.0428. The first-order valence-corrected chi connectivity index (χ1v) is 8.00. The molecule has 0 aliphatic carbocycles. The molecule has 1 unspecified atom stereocenters. The van der Waals surface area contributed by atoms with Gasteiger partial charge in [-0.3, -0.25) is 4.79 Å². The van der Waals surface area contributed by atoms with Gasteiger partial charge in [0.05, 0.1) is 6.33 Å². The fraction of sp³-hybridized carbons (Fsp3) is 0.636. The average Bonchev–Trinajstić information content (AvgIpc) is 2.34. The van der Waals surface area contributed by atoms with Crippen molar-refractivity contribution in [2.24, 2.45) is 0 Å². The topological polar surface area (TPSA) is 49.0 Å². The molecule has 2 rings (SSSR count). The highest BCUT2D eigenvalue weighted by Crippen LogP contribution is 2.27. The summed E-state index contributed by atoms with van der Waals surface area (Å²) in [6, 6.07) is 0.506. The van der Waals surface area contributed by atoms with Crippen LogP contribution >= 0.6 is 38.5 Å². The maximum absolute atomic E-state index is 11.6. The average molecular weight is 412 g/mol. The van der Waals surface area contributed by atoms with Gasteiger partial charge in [-0.1, -0.05) is 15.9 Å². The Hall–Kier alpha value is -0.110. The molecule has 17 heavy (non-hydrogen) atoms. The second-order valence-electron chi connectivity index (χ2n) is 4.19. The zero-order valence-electron chi connectivity index (χ0n) is 9.46. The lowest BCUT2D eigenvalue weighted by Gasteiger charge is -2.36. The maximum atomic E-state index is 11.6. The van der Waals surface area contributed by atoms with E-state index in [9.17, 15) is 4.79 Å². The van der Waals surface area contributed by atoms with E-state index in [-0.39, 0.29) is 5.56 Å². The molecule has 1 fully saturated rings. The third-order valence-corrected chi connectivity index (χ3v) is 4.55. The molecule has 6 heteroatoms. The van der Waals surface area contributed by atoms with E-state index in [0.717, 1.165) is 24.1 Å². The number of hydrogen-bond donors (Lipinski definition) is 1. The number of aromatic nitrogens is 2. The number of anilines is 1. The predicted octanol–water partition coefficient (Wildman–Crippen LogP) is 2.52. The van der Waals surface area contributed by atoms with E-state index in [1.165, 1.54) is 25.6 Å². The van der Waals surface area contributed by atoms with Crippen LogP contribution in [0.3, 0.4) is 0 Å². The van der Waals surface area contributed by atoms with Crippen molar-refractivity contribution in [3.05, 3.63) is 20.3 Å². The SMILES string of the molecule is O=c1[nH]cnc(N2CCCCC2CCBr)c1I. The molecule has 4 nitrogen and oxygen atoms in total. The van der Waals surface area contributed by atoms with Gasteiger partial charge in [-0.2, -0.15) is 0 Å². The summed E-state index contributed by atoms with van der Waals surface area (Å²) in [5, 5.41) is 0.994. The van der Waals surface area contributed by atoms with Gasteiger partial charge in [-0.15, -0.1) is 0 Å². The molecule has 1 saturated heterocycles. The molecule has 0 saturated carbocycles. The fourth-order valence-electron chi connectivity index (χ4n) is 2.28. The van der Waals surface area contributed by atoms with Gasteiger partial charge in [0.1, 0.15) is 9.39 Å². The van der Waals surface area contributed by atoms with Crippen LogP contribution in [0.4, 0.5) is 5.82 Å². The van der Waals surface area contributed by atoms with Crippen LogP contribution in [-0.4, -0.2) is 27.9 Å². The van der Waals surface area contributed by atoms with Crippen molar-refractivity contribution in [2.75, 3.05) is 16.8 Å². The lowest BCUT2D eigenvalue weighted by Crippen LogP contribution is -2.41. The summed E-state index contributed by atoms with van der Waals surface area (Å²) in [7, 11) is 0. The molecule has 1 aliphatic heterocycles. The summed E-state index contributed by atoms with van der Waals surface area (Å²) >= 11 is 5.59. The molecular weight excluding hydrogens is 397 g/mol. The predicted molar refractivity (Wildman–Crippen MR) is 81.0 cm³/mol. The smallest absolute Gasteiger partial charge is 0.266 e. The molecule has 94 valence electrons. The first kappa shape index (κ1) is 13.3. The van der Waals surface area contributed by atoms with Gasteiger partial charge in [0.15, 0.2) is 0 Å². The summed E-state index contributed by atoms with van der Waals surface area (Å²) in [6.45, 7) is 1.00. The highest BCUT2D eigenvalue weighted by Gasteiger charge is 2.25. The lowest BCUT2D eigenvalue weighted by atomic mass is 10.0. The first-order chi connectivity index (χ1) is 8.24. The van der Waals surface area contributed by atoms with Crippen molar-refractivity contribution in [3.8, 4) is 0 Å². The van der Waals surface area contributed by atoms with Gasteiger partial charge >= 0.3 is 0 Å². The van der Waals surface area contributed by atoms with Gasteiger partial charge in [0.2, 0.25) is 0 Å². The number of nitrogens with one attached hydrogen (secondary N) is 1. The van der Waals surface area contributed by atoms with E-state index < -0.39 is 0 Å². The van der Waals surface area contributed by atoms with Crippen LogP contribution in [0.15, 0.2) is 11.1 Å². The highest BCUT2D eigenvalue weighted by atomic mass is 127. The molecule has 0 radical (unpaired) electrons. The second kappa shape index (κ2) is 6.17. The normalized spacial score (nSPS) is 20.6. The lowest BCUT2D eigenvalue weighted by molar-refractivity contribution is 0.448. The Morgan fingerprint density at radius 1 is 1.59 bits per heavy atom. The zero-order valence-corrected chi connectivity index (χ0v) is 13.2. The van der Waals surface area contributed by atoms with E-state index in [2.05, 4.69) is 53.4 Å². The van der Waals surface area contributed by atoms with Crippen LogP contribution in [0.25, 0.3) is 0 Å². The van der Waals surface area contributed by atoms with E-state index in [1.54, 1.807) is 0 Å². The number of aromatic amines is 1. The van der Waals surface area contributed by atoms with Gasteiger partial charge in [0, 0.05) is 17.9 Å². The standard InChI is InChI=1S/C11H15BrIN3O/c12-5-4-8-3-1-2-6-16(8)10-9(13)11(17)15-7-14-10/h7-8H,1-6H2,(H,14,15,17). The van der Waals surface area contributed by atoms with Crippen LogP contribution in [0.5, 0.6) is 0 Å². The molecule has 0 bridgehead atoms. The Balaban J connectivity index is 2.29. The van der Waals surface area contributed by atoms with Crippen molar-refractivity contribution in [1.29, 1.82) is 0 Å². The van der Waals surface area contributed by atoms with Crippen molar-refractivity contribution >= 4 is 44.3 Å². The Morgan fingerprint density at radius 3 is 3.18 bits per heavy atom. The van der Waals surface area contributed by atoms with Crippen molar-refractivity contribution in [3.63, 3.8) is 0 Å². The quantitative estimate of drug-likeness (QED) is 0.614. The molecule has 1 aliphatic rings. The molecule has 1 aromatic heterocycles. The molecular formula is C11H15BrIN3O. The molecule has 0 amide bonds. The number of halogens is 2. The molecule has 1 N–H and O–H groups in total. The largest absolute Gasteiger partial charge is 0.353 e. The van der Waals surface area contributed by atoms with Gasteiger partial charge < -0.3 is 9.88 Å². The first-order valence-electron chi connectivity index (χ1n) is 5.80. The number of piperidine rings is 1. The second-order valence-corrected chi connectivity index (χ2v) is 6.06. The van der Waals surface area contributed by atoms with Crippen LogP contribution in [0, 0.1) is 3.57 Å². The van der Waals surface area contributed by atoms with Crippen LogP contribution in [0.2, 0.25) is 0 Å². The molecule has 2 heterocycles. The van der Waals surface area contributed by atoms with Crippen LogP contribution < -0.4 is 10.5 Å². The third kappa shape index (κ3) is 3.01. The Bertz CT molecular complexity index is 435. The molecule has 0 aromatic carbocycles. The summed E-state index contributed by atoms with van der Waals surface area (Å²) in [6.07, 6.45) is 6.25. The van der Waals surface area contributed by atoms with Crippen LogP contribution in [0.1, 0.15) is 25.7 Å². The minimum absolute atomic E-state index is 0.0428. The zero-order chi connectivity index (χ0) is 12.3. The highest BCUT2D eigenvalue weighted by molar-refractivity contribution is 14.1. The van der Waals surface area contributed by atoms with Crippen molar-refractivity contribution in [1.82, 2.24) is 9.97 Å². The number of rotatable bonds is 3. The van der Waals surface area contributed by atoms with E-state index in [0.29, 0.717) is 9.61 Å². The maximum Gasteiger partial charge on any atom is 0.266 e. The Labute approximate surface area is 122 Å². The molecule has 1 atom stereocenters. The van der Waals surface area contributed by atoms with Gasteiger partial charge in [-0.25, -0.2) is 4.98 Å². The monoisotopic (exact) mass is 411 g/mol. The van der Waals surface area contributed by atoms with E-state index in [1.807, 2.05) is 0 Å². The number of H-pyrrole nitrogens is 1. The number of hydrogen-bond acceptors (Lipinski definition) is 3. The summed E-state index contributed by atoms with van der Waals surface area (Å²) < 4.78 is 0.701. The number of alkyl halides is 1. The summed E-state index contributed by atoms with van der Waals surface area (Å²) in [4.78, 5) is 20.9. The number of nitrogens with zero attached hydrogens (tertiary/aromatic N) is 2. The Morgan fingerprint density at radius 2 is 2.41 bits per heavy atom. The summed E-state index contributed by atoms with van der Waals surface area (Å²) in [5.74, 6) is 0.847. The van der Waals surface area contributed by atoms with Gasteiger partial charge in [0.25, 0.3) is 5.56 Å². The fourth-order valence-corrected chi connectivity index (χ4v) is 3.41.